The summed E-state index contributed by atoms with van der Waals surface area (Å²) in [4.78, 5) is 59.3. The van der Waals surface area contributed by atoms with Gasteiger partial charge in [0.25, 0.3) is 23.4 Å². The maximum Gasteiger partial charge on any atom is 0.308 e. The Balaban J connectivity index is 1.91. The number of fused-ring (bicyclic) bond motifs is 1. The standard InChI is InChI=1S/C18H21N3O7/c1-10(2)11(3)19-14(22)9-28-15(23)7-8-20-17(24)12-5-4-6-13(21(26)27)16(12)18(20)25/h4-6,10-11H,7-9H2,1-3H3,(H,19,22)/t11-/m1/s1. The molecule has 1 aromatic rings. The Morgan fingerprint density at radius 3 is 2.50 bits per heavy atom. The molecule has 28 heavy (non-hydrogen) atoms. The maximum atomic E-state index is 12.4. The second-order valence-corrected chi connectivity index (χ2v) is 6.73. The number of esters is 1. The Labute approximate surface area is 161 Å². The summed E-state index contributed by atoms with van der Waals surface area (Å²) < 4.78 is 4.85. The van der Waals surface area contributed by atoms with E-state index in [0.717, 1.165) is 11.0 Å². The minimum atomic E-state index is -0.830. The average molecular weight is 391 g/mol. The zero-order chi connectivity index (χ0) is 21.0. The van der Waals surface area contributed by atoms with Crippen molar-refractivity contribution in [2.75, 3.05) is 13.2 Å². The molecule has 1 atom stereocenters. The van der Waals surface area contributed by atoms with Crippen molar-refractivity contribution >= 4 is 29.4 Å². The molecule has 150 valence electrons. The Kier molecular flexibility index (Phi) is 6.45. The lowest BCUT2D eigenvalue weighted by molar-refractivity contribution is -0.385. The van der Waals surface area contributed by atoms with Crippen LogP contribution < -0.4 is 5.32 Å². The van der Waals surface area contributed by atoms with E-state index in [9.17, 15) is 29.3 Å². The fourth-order valence-corrected chi connectivity index (χ4v) is 2.55. The lowest BCUT2D eigenvalue weighted by Gasteiger charge is -2.17. The maximum absolute atomic E-state index is 12.4. The molecule has 10 heteroatoms. The Hall–Kier alpha value is -3.30. The molecule has 1 heterocycles. The molecule has 0 unspecified atom stereocenters. The van der Waals surface area contributed by atoms with E-state index in [1.54, 1.807) is 0 Å². The number of imide groups is 1. The van der Waals surface area contributed by atoms with Crippen LogP contribution in [0.2, 0.25) is 0 Å². The minimum Gasteiger partial charge on any atom is -0.456 e. The first-order chi connectivity index (χ1) is 13.1. The van der Waals surface area contributed by atoms with Crippen molar-refractivity contribution in [3.8, 4) is 0 Å². The minimum absolute atomic E-state index is 0.0744. The highest BCUT2D eigenvalue weighted by Crippen LogP contribution is 2.30. The van der Waals surface area contributed by atoms with Crippen LogP contribution in [0.4, 0.5) is 5.69 Å². The van der Waals surface area contributed by atoms with Crippen LogP contribution in [-0.2, 0) is 14.3 Å². The highest BCUT2D eigenvalue weighted by molar-refractivity contribution is 6.23. The summed E-state index contributed by atoms with van der Waals surface area (Å²) in [5.74, 6) is -2.54. The van der Waals surface area contributed by atoms with Gasteiger partial charge in [0.15, 0.2) is 6.61 Å². The second kappa shape index (κ2) is 8.59. The van der Waals surface area contributed by atoms with Crippen molar-refractivity contribution in [2.24, 2.45) is 5.92 Å². The highest BCUT2D eigenvalue weighted by atomic mass is 16.6. The Bertz CT molecular complexity index is 834. The summed E-state index contributed by atoms with van der Waals surface area (Å²) >= 11 is 0. The lowest BCUT2D eigenvalue weighted by atomic mass is 10.1. The number of nitrogens with zero attached hydrogens (tertiary/aromatic N) is 2. The molecule has 0 bridgehead atoms. The van der Waals surface area contributed by atoms with Gasteiger partial charge in [-0.25, -0.2) is 0 Å². The van der Waals surface area contributed by atoms with Crippen LogP contribution >= 0.6 is 0 Å². The van der Waals surface area contributed by atoms with E-state index < -0.39 is 40.9 Å². The summed E-state index contributed by atoms with van der Waals surface area (Å²) in [6, 6.07) is 3.69. The summed E-state index contributed by atoms with van der Waals surface area (Å²) in [6.07, 6.45) is -0.327. The smallest absolute Gasteiger partial charge is 0.308 e. The van der Waals surface area contributed by atoms with Gasteiger partial charge in [-0.15, -0.1) is 0 Å². The number of hydrogen-bond donors (Lipinski definition) is 1. The number of nitrogens with one attached hydrogen (secondary N) is 1. The average Bonchev–Trinajstić information content (AvgIpc) is 2.88. The van der Waals surface area contributed by atoms with Crippen molar-refractivity contribution in [3.05, 3.63) is 39.4 Å². The van der Waals surface area contributed by atoms with E-state index in [2.05, 4.69) is 5.32 Å². The number of benzene rings is 1. The zero-order valence-electron chi connectivity index (χ0n) is 15.8. The second-order valence-electron chi connectivity index (χ2n) is 6.73. The van der Waals surface area contributed by atoms with Gasteiger partial charge in [0.05, 0.1) is 16.9 Å². The molecule has 10 nitrogen and oxygen atoms in total. The monoisotopic (exact) mass is 391 g/mol. The zero-order valence-corrected chi connectivity index (χ0v) is 15.8. The summed E-state index contributed by atoms with van der Waals surface area (Å²) in [5, 5.41) is 13.7. The van der Waals surface area contributed by atoms with E-state index in [-0.39, 0.29) is 36.1 Å². The first-order valence-corrected chi connectivity index (χ1v) is 8.72. The van der Waals surface area contributed by atoms with Crippen LogP contribution in [0.5, 0.6) is 0 Å². The molecule has 0 fully saturated rings. The predicted molar refractivity (Wildman–Crippen MR) is 96.5 cm³/mol. The third kappa shape index (κ3) is 4.51. The van der Waals surface area contributed by atoms with Crippen LogP contribution in [-0.4, -0.2) is 52.7 Å². The van der Waals surface area contributed by atoms with Gasteiger partial charge in [0.1, 0.15) is 5.56 Å². The Morgan fingerprint density at radius 1 is 1.21 bits per heavy atom. The predicted octanol–water partition coefficient (Wildman–Crippen LogP) is 1.28. The van der Waals surface area contributed by atoms with Crippen LogP contribution in [0.1, 0.15) is 47.9 Å². The first kappa shape index (κ1) is 21.0. The van der Waals surface area contributed by atoms with Gasteiger partial charge in [-0.2, -0.15) is 0 Å². The molecule has 0 saturated carbocycles. The number of ether oxygens (including phenoxy) is 1. The Morgan fingerprint density at radius 2 is 1.89 bits per heavy atom. The lowest BCUT2D eigenvalue weighted by Crippen LogP contribution is -2.39. The molecule has 2 rings (SSSR count). The van der Waals surface area contributed by atoms with Gasteiger partial charge in [0, 0.05) is 18.7 Å². The molecule has 0 radical (unpaired) electrons. The van der Waals surface area contributed by atoms with Gasteiger partial charge in [-0.3, -0.25) is 34.2 Å². The number of carbonyl (C=O) groups excluding carboxylic acids is 4. The van der Waals surface area contributed by atoms with E-state index in [0.29, 0.717) is 0 Å². The van der Waals surface area contributed by atoms with Gasteiger partial charge >= 0.3 is 5.97 Å². The summed E-state index contributed by atoms with van der Waals surface area (Å²) in [6.45, 7) is 4.93. The van der Waals surface area contributed by atoms with E-state index in [4.69, 9.17) is 4.74 Å². The van der Waals surface area contributed by atoms with Gasteiger partial charge in [-0.1, -0.05) is 19.9 Å². The van der Waals surface area contributed by atoms with E-state index >= 15 is 0 Å². The van der Waals surface area contributed by atoms with Crippen molar-refractivity contribution in [1.29, 1.82) is 0 Å². The number of rotatable bonds is 8. The quantitative estimate of drug-likeness (QED) is 0.305. The van der Waals surface area contributed by atoms with Crippen molar-refractivity contribution in [1.82, 2.24) is 10.2 Å². The summed E-state index contributed by atoms with van der Waals surface area (Å²) in [5.41, 5.74) is -0.820. The SMILES string of the molecule is CC(C)[C@@H](C)NC(=O)COC(=O)CCN1C(=O)c2cccc([N+](=O)[O-])c2C1=O. The number of carbonyl (C=O) groups is 4. The number of nitro groups is 1. The number of nitro benzene ring substituents is 1. The van der Waals surface area contributed by atoms with Crippen LogP contribution in [0.3, 0.4) is 0 Å². The van der Waals surface area contributed by atoms with Crippen LogP contribution in [0.15, 0.2) is 18.2 Å². The van der Waals surface area contributed by atoms with Gasteiger partial charge in [0.2, 0.25) is 0 Å². The molecule has 0 saturated heterocycles. The number of hydrogen-bond acceptors (Lipinski definition) is 7. The van der Waals surface area contributed by atoms with Crippen molar-refractivity contribution in [3.63, 3.8) is 0 Å². The van der Waals surface area contributed by atoms with Crippen LogP contribution in [0, 0.1) is 16.0 Å². The molecule has 0 aliphatic carbocycles. The fraction of sp³-hybridized carbons (Fsp3) is 0.444. The topological polar surface area (TPSA) is 136 Å². The fourth-order valence-electron chi connectivity index (χ4n) is 2.55. The van der Waals surface area contributed by atoms with E-state index in [1.807, 2.05) is 20.8 Å². The number of amides is 3. The normalized spacial score (nSPS) is 14.1. The summed E-state index contributed by atoms with van der Waals surface area (Å²) in [7, 11) is 0. The largest absolute Gasteiger partial charge is 0.456 e. The van der Waals surface area contributed by atoms with Crippen molar-refractivity contribution in [2.45, 2.75) is 33.2 Å². The molecular formula is C18H21N3O7. The molecule has 1 aliphatic heterocycles. The molecule has 1 aromatic carbocycles. The first-order valence-electron chi connectivity index (χ1n) is 8.72. The third-order valence-electron chi connectivity index (χ3n) is 4.47. The molecule has 0 spiro atoms. The molecule has 3 amide bonds. The van der Waals surface area contributed by atoms with Gasteiger partial charge < -0.3 is 10.1 Å². The molecular weight excluding hydrogens is 370 g/mol. The van der Waals surface area contributed by atoms with Gasteiger partial charge in [-0.05, 0) is 18.9 Å². The van der Waals surface area contributed by atoms with Crippen LogP contribution in [0.25, 0.3) is 0 Å². The molecule has 1 aliphatic rings. The van der Waals surface area contributed by atoms with E-state index in [1.165, 1.54) is 12.1 Å². The molecule has 1 N–H and O–H groups in total. The molecule has 0 aromatic heterocycles. The van der Waals surface area contributed by atoms with Crippen molar-refractivity contribution < 1.29 is 28.8 Å². The highest BCUT2D eigenvalue weighted by Gasteiger charge is 2.40. The third-order valence-corrected chi connectivity index (χ3v) is 4.47.